The molecule has 3 aromatic carbocycles. The van der Waals surface area contributed by atoms with Crippen LogP contribution >= 0.6 is 15.9 Å². The monoisotopic (exact) mass is 466 g/mol. The Morgan fingerprint density at radius 3 is 2.47 bits per heavy atom. The van der Waals surface area contributed by atoms with Crippen molar-refractivity contribution < 1.29 is 19.4 Å². The average Bonchev–Trinajstić information content (AvgIpc) is 2.76. The van der Waals surface area contributed by atoms with Crippen molar-refractivity contribution in [1.29, 1.82) is 0 Å². The summed E-state index contributed by atoms with van der Waals surface area (Å²) >= 11 is 3.39. The van der Waals surface area contributed by atoms with Crippen LogP contribution in [0.3, 0.4) is 0 Å². The van der Waals surface area contributed by atoms with Crippen LogP contribution in [0.15, 0.2) is 83.3 Å². The lowest BCUT2D eigenvalue weighted by molar-refractivity contribution is -0.142. The van der Waals surface area contributed by atoms with Crippen molar-refractivity contribution in [2.24, 2.45) is 0 Å². The van der Waals surface area contributed by atoms with Crippen LogP contribution in [0.4, 0.5) is 0 Å². The predicted molar refractivity (Wildman–Crippen MR) is 121 cm³/mol. The van der Waals surface area contributed by atoms with Crippen LogP contribution in [0.1, 0.15) is 23.1 Å². The molecular formula is C25H23BrO4. The quantitative estimate of drug-likeness (QED) is 0.397. The Kier molecular flexibility index (Phi) is 8.10. The third-order valence-corrected chi connectivity index (χ3v) is 4.93. The highest BCUT2D eigenvalue weighted by Crippen LogP contribution is 2.28. The van der Waals surface area contributed by atoms with E-state index in [4.69, 9.17) is 9.47 Å². The molecule has 0 aliphatic heterocycles. The van der Waals surface area contributed by atoms with E-state index in [2.05, 4.69) is 15.9 Å². The number of carbonyl (C=O) groups is 1. The van der Waals surface area contributed by atoms with Gasteiger partial charge in [-0.3, -0.25) is 4.79 Å². The molecule has 0 aromatic heterocycles. The average molecular weight is 467 g/mol. The molecule has 4 nitrogen and oxygen atoms in total. The molecule has 0 atom stereocenters. The van der Waals surface area contributed by atoms with Crippen molar-refractivity contribution >= 4 is 28.0 Å². The maximum absolute atomic E-state index is 11.9. The van der Waals surface area contributed by atoms with Crippen molar-refractivity contribution in [3.63, 3.8) is 0 Å². The zero-order chi connectivity index (χ0) is 21.2. The van der Waals surface area contributed by atoms with E-state index in [1.807, 2.05) is 72.8 Å². The van der Waals surface area contributed by atoms with E-state index in [9.17, 15) is 9.90 Å². The highest BCUT2D eigenvalue weighted by Gasteiger charge is 2.07. The van der Waals surface area contributed by atoms with Gasteiger partial charge in [0.05, 0.1) is 0 Å². The summed E-state index contributed by atoms with van der Waals surface area (Å²) in [5.74, 6) is 0.205. The molecule has 0 fully saturated rings. The van der Waals surface area contributed by atoms with Gasteiger partial charge < -0.3 is 14.6 Å². The molecule has 0 unspecified atom stereocenters. The Labute approximate surface area is 184 Å². The zero-order valence-corrected chi connectivity index (χ0v) is 18.0. The van der Waals surface area contributed by atoms with E-state index in [0.717, 1.165) is 21.2 Å². The number of halogens is 1. The Balaban J connectivity index is 1.41. The second-order valence-electron chi connectivity index (χ2n) is 6.71. The molecule has 0 amide bonds. The van der Waals surface area contributed by atoms with Gasteiger partial charge in [0.25, 0.3) is 0 Å². The van der Waals surface area contributed by atoms with E-state index in [1.54, 1.807) is 12.1 Å². The Morgan fingerprint density at radius 1 is 0.967 bits per heavy atom. The predicted octanol–water partition coefficient (Wildman–Crippen LogP) is 5.92. The summed E-state index contributed by atoms with van der Waals surface area (Å²) in [6, 6.07) is 22.8. The highest BCUT2D eigenvalue weighted by molar-refractivity contribution is 9.10. The first-order valence-corrected chi connectivity index (χ1v) is 10.5. The van der Waals surface area contributed by atoms with E-state index in [1.165, 1.54) is 0 Å². The second-order valence-corrected chi connectivity index (χ2v) is 7.63. The first kappa shape index (κ1) is 21.7. The topological polar surface area (TPSA) is 55.8 Å². The number of benzene rings is 3. The molecule has 1 N–H and O–H groups in total. The number of aryl methyl sites for hydroxylation is 1. The van der Waals surface area contributed by atoms with Crippen LogP contribution in [0.5, 0.6) is 11.5 Å². The number of rotatable bonds is 9. The normalized spacial score (nSPS) is 10.8. The number of hydrogen-bond donors (Lipinski definition) is 1. The molecule has 3 rings (SSSR count). The number of aromatic hydroxyl groups is 1. The highest BCUT2D eigenvalue weighted by atomic mass is 79.9. The Bertz CT molecular complexity index is 982. The van der Waals surface area contributed by atoms with E-state index < -0.39 is 0 Å². The minimum Gasteiger partial charge on any atom is -0.504 e. The van der Waals surface area contributed by atoms with E-state index in [-0.39, 0.29) is 24.7 Å². The number of phenolic OH excluding ortho intramolecular Hbond substituents is 1. The summed E-state index contributed by atoms with van der Waals surface area (Å²) in [4.78, 5) is 11.9. The lowest BCUT2D eigenvalue weighted by Gasteiger charge is -2.10. The van der Waals surface area contributed by atoms with E-state index >= 15 is 0 Å². The summed E-state index contributed by atoms with van der Waals surface area (Å²) in [5.41, 5.74) is 2.92. The summed E-state index contributed by atoms with van der Waals surface area (Å²) in [6.07, 6.45) is 4.45. The van der Waals surface area contributed by atoms with Gasteiger partial charge in [0.1, 0.15) is 13.2 Å². The van der Waals surface area contributed by atoms with Crippen molar-refractivity contribution in [2.75, 3.05) is 6.61 Å². The first-order chi connectivity index (χ1) is 14.6. The molecule has 0 heterocycles. The number of phenols is 1. The molecule has 0 spiro atoms. The Morgan fingerprint density at radius 2 is 1.73 bits per heavy atom. The number of carbonyl (C=O) groups excluding carboxylic acids is 1. The van der Waals surface area contributed by atoms with Gasteiger partial charge in [-0.25, -0.2) is 0 Å². The van der Waals surface area contributed by atoms with E-state index in [0.29, 0.717) is 18.8 Å². The minimum atomic E-state index is -0.278. The molecule has 0 saturated carbocycles. The van der Waals surface area contributed by atoms with Crippen LogP contribution in [-0.4, -0.2) is 17.7 Å². The van der Waals surface area contributed by atoms with Crippen LogP contribution in [-0.2, 0) is 22.6 Å². The fraction of sp³-hybridized carbons (Fsp3) is 0.160. The summed E-state index contributed by atoms with van der Waals surface area (Å²) < 4.78 is 11.9. The molecule has 0 saturated heterocycles. The van der Waals surface area contributed by atoms with Crippen LogP contribution in [0.2, 0.25) is 0 Å². The molecule has 5 heteroatoms. The molecule has 3 aromatic rings. The lowest BCUT2D eigenvalue weighted by Crippen LogP contribution is -2.05. The smallest absolute Gasteiger partial charge is 0.306 e. The molecule has 0 aliphatic rings. The summed E-state index contributed by atoms with van der Waals surface area (Å²) in [6.45, 7) is 0.611. The minimum absolute atomic E-state index is 0.0641. The van der Waals surface area contributed by atoms with Crippen LogP contribution in [0.25, 0.3) is 6.08 Å². The number of ether oxygens (including phenoxy) is 2. The second kappa shape index (κ2) is 11.2. The summed E-state index contributed by atoms with van der Waals surface area (Å²) in [5, 5.41) is 10.2. The SMILES string of the molecule is O=C(CCc1ccc(OCc2ccccc2)c(O)c1)OC/C=C\c1ccc(Br)cc1. The van der Waals surface area contributed by atoms with Gasteiger partial charge in [-0.2, -0.15) is 0 Å². The van der Waals surface area contributed by atoms with Crippen LogP contribution in [0, 0.1) is 0 Å². The number of hydrogen-bond acceptors (Lipinski definition) is 4. The van der Waals surface area contributed by atoms with Crippen molar-refractivity contribution in [1.82, 2.24) is 0 Å². The van der Waals surface area contributed by atoms with Crippen molar-refractivity contribution in [3.8, 4) is 11.5 Å². The standard InChI is InChI=1S/C25H23BrO4/c26-22-12-8-19(9-13-22)7-4-16-29-25(28)15-11-20-10-14-24(23(27)17-20)30-18-21-5-2-1-3-6-21/h1-10,12-14,17,27H,11,15-16,18H2/b7-4-. The molecule has 154 valence electrons. The maximum Gasteiger partial charge on any atom is 0.306 e. The third-order valence-electron chi connectivity index (χ3n) is 4.40. The van der Waals surface area contributed by atoms with Gasteiger partial charge in [0, 0.05) is 10.9 Å². The maximum atomic E-state index is 11.9. The zero-order valence-electron chi connectivity index (χ0n) is 16.5. The van der Waals surface area contributed by atoms with Crippen LogP contribution < -0.4 is 4.74 Å². The molecule has 0 radical (unpaired) electrons. The van der Waals surface area contributed by atoms with Gasteiger partial charge in [-0.15, -0.1) is 0 Å². The Hall–Kier alpha value is -3.05. The fourth-order valence-corrected chi connectivity index (χ4v) is 3.06. The first-order valence-electron chi connectivity index (χ1n) is 9.66. The van der Waals surface area contributed by atoms with Gasteiger partial charge in [-0.05, 0) is 53.5 Å². The third kappa shape index (κ3) is 7.08. The van der Waals surface area contributed by atoms with Gasteiger partial charge >= 0.3 is 5.97 Å². The fourth-order valence-electron chi connectivity index (χ4n) is 2.79. The molecule has 0 bridgehead atoms. The van der Waals surface area contributed by atoms with Crippen molar-refractivity contribution in [2.45, 2.75) is 19.4 Å². The number of esters is 1. The molecule has 0 aliphatic carbocycles. The van der Waals surface area contributed by atoms with Gasteiger partial charge in [0.2, 0.25) is 0 Å². The molecular weight excluding hydrogens is 444 g/mol. The van der Waals surface area contributed by atoms with Gasteiger partial charge in [-0.1, -0.05) is 70.5 Å². The largest absolute Gasteiger partial charge is 0.504 e. The molecule has 30 heavy (non-hydrogen) atoms. The van der Waals surface area contributed by atoms with Gasteiger partial charge in [0.15, 0.2) is 11.5 Å². The van der Waals surface area contributed by atoms with Crippen molar-refractivity contribution in [3.05, 3.63) is 100 Å². The summed E-state index contributed by atoms with van der Waals surface area (Å²) in [7, 11) is 0. The lowest BCUT2D eigenvalue weighted by atomic mass is 10.1.